The molecule has 0 N–H and O–H groups in total. The van der Waals surface area contributed by atoms with Crippen LogP contribution in [0.5, 0.6) is 0 Å². The van der Waals surface area contributed by atoms with Crippen molar-refractivity contribution in [2.75, 3.05) is 4.90 Å². The minimum Gasteiger partial charge on any atom is -0.310 e. The van der Waals surface area contributed by atoms with E-state index in [4.69, 9.17) is 0 Å². The Labute approximate surface area is 315 Å². The van der Waals surface area contributed by atoms with E-state index < -0.39 is 0 Å². The Balaban J connectivity index is 0.985. The molecule has 0 aliphatic carbocycles. The van der Waals surface area contributed by atoms with Gasteiger partial charge in [-0.25, -0.2) is 0 Å². The average molecular weight is 689 g/mol. The van der Waals surface area contributed by atoms with Crippen molar-refractivity contribution in [2.24, 2.45) is 0 Å². The Morgan fingerprint density at radius 2 is 0.796 bits per heavy atom. The molecule has 10 rings (SSSR count). The summed E-state index contributed by atoms with van der Waals surface area (Å²) in [6.45, 7) is 0. The molecule has 10 aromatic rings. The van der Waals surface area contributed by atoms with Crippen molar-refractivity contribution in [3.63, 3.8) is 0 Å². The molecule has 2 heteroatoms. The summed E-state index contributed by atoms with van der Waals surface area (Å²) >= 11 is 0. The lowest BCUT2D eigenvalue weighted by molar-refractivity contribution is 1.19. The summed E-state index contributed by atoms with van der Waals surface area (Å²) in [7, 11) is 0. The highest BCUT2D eigenvalue weighted by Gasteiger charge is 2.16. The SMILES string of the molecule is c1ccc(-c2ccc(-c3cccc(N(c4ccccc4)c4ccc(-c5ccc(-n6c7ccccc7c7ccc8ccccc8c76)cc5)cc4)c3)cc2)cc1. The van der Waals surface area contributed by atoms with Crippen LogP contribution in [0.4, 0.5) is 17.1 Å². The summed E-state index contributed by atoms with van der Waals surface area (Å²) in [5.41, 5.74) is 14.1. The van der Waals surface area contributed by atoms with Gasteiger partial charge in [0, 0.05) is 38.9 Å². The van der Waals surface area contributed by atoms with Gasteiger partial charge in [-0.05, 0) is 93.4 Å². The van der Waals surface area contributed by atoms with Gasteiger partial charge in [-0.2, -0.15) is 0 Å². The molecule has 1 aromatic heterocycles. The zero-order valence-corrected chi connectivity index (χ0v) is 29.7. The zero-order valence-electron chi connectivity index (χ0n) is 29.7. The van der Waals surface area contributed by atoms with Crippen LogP contribution in [0.25, 0.3) is 71.6 Å². The van der Waals surface area contributed by atoms with Crippen molar-refractivity contribution in [1.82, 2.24) is 4.57 Å². The van der Waals surface area contributed by atoms with Gasteiger partial charge < -0.3 is 9.47 Å². The quantitative estimate of drug-likeness (QED) is 0.162. The molecule has 9 aromatic carbocycles. The number of rotatable bonds is 7. The Morgan fingerprint density at radius 3 is 1.52 bits per heavy atom. The lowest BCUT2D eigenvalue weighted by Gasteiger charge is -2.26. The number of fused-ring (bicyclic) bond motifs is 5. The zero-order chi connectivity index (χ0) is 35.8. The minimum atomic E-state index is 1.11. The van der Waals surface area contributed by atoms with E-state index in [9.17, 15) is 0 Å². The van der Waals surface area contributed by atoms with E-state index in [1.165, 1.54) is 66.0 Å². The number of aromatic nitrogens is 1. The smallest absolute Gasteiger partial charge is 0.0619 e. The molecule has 0 aliphatic rings. The van der Waals surface area contributed by atoms with E-state index >= 15 is 0 Å². The summed E-state index contributed by atoms with van der Waals surface area (Å²) < 4.78 is 2.42. The van der Waals surface area contributed by atoms with Crippen LogP contribution >= 0.6 is 0 Å². The molecule has 0 bridgehead atoms. The first kappa shape index (κ1) is 31.6. The number of hydrogen-bond acceptors (Lipinski definition) is 1. The second-order valence-corrected chi connectivity index (χ2v) is 13.8. The van der Waals surface area contributed by atoms with Crippen LogP contribution in [-0.4, -0.2) is 4.57 Å². The third-order valence-corrected chi connectivity index (χ3v) is 10.6. The molecule has 254 valence electrons. The maximum Gasteiger partial charge on any atom is 0.0619 e. The first-order valence-electron chi connectivity index (χ1n) is 18.5. The van der Waals surface area contributed by atoms with Gasteiger partial charge >= 0.3 is 0 Å². The van der Waals surface area contributed by atoms with Crippen molar-refractivity contribution < 1.29 is 0 Å². The van der Waals surface area contributed by atoms with Crippen molar-refractivity contribution in [1.29, 1.82) is 0 Å². The number of nitrogens with zero attached hydrogens (tertiary/aromatic N) is 2. The number of anilines is 3. The third kappa shape index (κ3) is 5.62. The molecular formula is C52H36N2. The average Bonchev–Trinajstić information content (AvgIpc) is 3.60. The number of benzene rings is 9. The summed E-state index contributed by atoms with van der Waals surface area (Å²) in [5, 5.41) is 5.06. The van der Waals surface area contributed by atoms with Crippen molar-refractivity contribution >= 4 is 49.6 Å². The molecule has 0 aliphatic heterocycles. The molecule has 0 unspecified atom stereocenters. The van der Waals surface area contributed by atoms with Crippen LogP contribution in [0.2, 0.25) is 0 Å². The van der Waals surface area contributed by atoms with Gasteiger partial charge in [0.25, 0.3) is 0 Å². The highest BCUT2D eigenvalue weighted by molar-refractivity contribution is 6.18. The molecule has 0 saturated heterocycles. The molecule has 0 amide bonds. The predicted molar refractivity (Wildman–Crippen MR) is 229 cm³/mol. The van der Waals surface area contributed by atoms with Gasteiger partial charge in [0.2, 0.25) is 0 Å². The fourth-order valence-corrected chi connectivity index (χ4v) is 7.94. The molecule has 0 atom stereocenters. The summed E-state index contributed by atoms with van der Waals surface area (Å²) in [6.07, 6.45) is 0. The summed E-state index contributed by atoms with van der Waals surface area (Å²) in [4.78, 5) is 2.33. The van der Waals surface area contributed by atoms with Gasteiger partial charge in [0.05, 0.1) is 11.0 Å². The van der Waals surface area contributed by atoms with Crippen LogP contribution in [0, 0.1) is 0 Å². The second-order valence-electron chi connectivity index (χ2n) is 13.8. The van der Waals surface area contributed by atoms with E-state index in [-0.39, 0.29) is 0 Å². The Morgan fingerprint density at radius 1 is 0.296 bits per heavy atom. The standard InChI is InChI=1S/C52H36N2/c1-3-12-37(13-4-1)38-22-24-41(25-23-38)43-15-11-18-47(36-43)53(44-16-5-2-6-17-44)45-31-26-39(27-32-45)40-28-33-46(34-29-40)54-51-21-10-9-20-49(51)50-35-30-42-14-7-8-19-48(42)52(50)54/h1-36H. The normalized spacial score (nSPS) is 11.3. The van der Waals surface area contributed by atoms with Gasteiger partial charge in [0.15, 0.2) is 0 Å². The van der Waals surface area contributed by atoms with Crippen molar-refractivity contribution in [2.45, 2.75) is 0 Å². The number of para-hydroxylation sites is 2. The molecule has 1 heterocycles. The third-order valence-electron chi connectivity index (χ3n) is 10.6. The first-order valence-corrected chi connectivity index (χ1v) is 18.5. The topological polar surface area (TPSA) is 8.17 Å². The number of hydrogen-bond donors (Lipinski definition) is 0. The maximum atomic E-state index is 2.42. The Hall–Kier alpha value is -7.16. The Bertz CT molecular complexity index is 2890. The predicted octanol–water partition coefficient (Wildman–Crippen LogP) is 14.4. The molecule has 0 spiro atoms. The van der Waals surface area contributed by atoms with Crippen LogP contribution in [0.15, 0.2) is 218 Å². The van der Waals surface area contributed by atoms with Gasteiger partial charge in [-0.3, -0.25) is 0 Å². The molecular weight excluding hydrogens is 653 g/mol. The first-order chi connectivity index (χ1) is 26.8. The second kappa shape index (κ2) is 13.4. The lowest BCUT2D eigenvalue weighted by Crippen LogP contribution is -2.09. The van der Waals surface area contributed by atoms with Crippen LogP contribution in [0.1, 0.15) is 0 Å². The van der Waals surface area contributed by atoms with Crippen LogP contribution in [-0.2, 0) is 0 Å². The minimum absolute atomic E-state index is 1.11. The molecule has 0 saturated carbocycles. The molecule has 54 heavy (non-hydrogen) atoms. The highest BCUT2D eigenvalue weighted by atomic mass is 15.1. The van der Waals surface area contributed by atoms with E-state index in [0.29, 0.717) is 0 Å². The highest BCUT2D eigenvalue weighted by Crippen LogP contribution is 2.39. The fourth-order valence-electron chi connectivity index (χ4n) is 7.94. The van der Waals surface area contributed by atoms with E-state index in [1.807, 2.05) is 0 Å². The molecule has 0 radical (unpaired) electrons. The lowest BCUT2D eigenvalue weighted by atomic mass is 9.99. The van der Waals surface area contributed by atoms with Crippen LogP contribution < -0.4 is 4.90 Å². The van der Waals surface area contributed by atoms with Gasteiger partial charge in [-0.15, -0.1) is 0 Å². The maximum absolute atomic E-state index is 2.42. The van der Waals surface area contributed by atoms with Crippen molar-refractivity contribution in [3.05, 3.63) is 218 Å². The van der Waals surface area contributed by atoms with E-state index in [1.54, 1.807) is 0 Å². The van der Waals surface area contributed by atoms with E-state index in [0.717, 1.165) is 22.7 Å². The van der Waals surface area contributed by atoms with Gasteiger partial charge in [0.1, 0.15) is 0 Å². The Kier molecular flexibility index (Phi) is 7.85. The van der Waals surface area contributed by atoms with E-state index in [2.05, 4.69) is 228 Å². The van der Waals surface area contributed by atoms with Crippen molar-refractivity contribution in [3.8, 4) is 39.1 Å². The molecule has 0 fully saturated rings. The summed E-state index contributed by atoms with van der Waals surface area (Å²) in [6, 6.07) is 78.7. The van der Waals surface area contributed by atoms with Crippen LogP contribution in [0.3, 0.4) is 0 Å². The molecule has 2 nitrogen and oxygen atoms in total. The monoisotopic (exact) mass is 688 g/mol. The van der Waals surface area contributed by atoms with Gasteiger partial charge in [-0.1, -0.05) is 164 Å². The summed E-state index contributed by atoms with van der Waals surface area (Å²) in [5.74, 6) is 0. The fraction of sp³-hybridized carbons (Fsp3) is 0. The largest absolute Gasteiger partial charge is 0.310 e.